The summed E-state index contributed by atoms with van der Waals surface area (Å²) in [5.41, 5.74) is 2.43. The van der Waals surface area contributed by atoms with E-state index in [9.17, 15) is 0 Å². The zero-order valence-corrected chi connectivity index (χ0v) is 11.4. The molecule has 0 radical (unpaired) electrons. The highest BCUT2D eigenvalue weighted by Crippen LogP contribution is 2.22. The highest BCUT2D eigenvalue weighted by atomic mass is 35.5. The Morgan fingerprint density at radius 1 is 1.05 bits per heavy atom. The van der Waals surface area contributed by atoms with E-state index in [1.54, 1.807) is 24.5 Å². The van der Waals surface area contributed by atoms with E-state index in [-0.39, 0.29) is 0 Å². The molecular weight excluding hydrogens is 290 g/mol. The van der Waals surface area contributed by atoms with Crippen LogP contribution in [0.25, 0.3) is 28.5 Å². The largest absolute Gasteiger partial charge is 0.334 e. The van der Waals surface area contributed by atoms with Gasteiger partial charge in [-0.2, -0.15) is 4.98 Å². The first kappa shape index (κ1) is 12.0. The fraction of sp³-hybridized carbons (Fsp3) is 0. The van der Waals surface area contributed by atoms with Gasteiger partial charge in [-0.05, 0) is 24.3 Å². The Labute approximate surface area is 124 Å². The van der Waals surface area contributed by atoms with Gasteiger partial charge in [0.1, 0.15) is 10.8 Å². The lowest BCUT2D eigenvalue weighted by Gasteiger charge is -1.96. The van der Waals surface area contributed by atoms with Gasteiger partial charge in [0.25, 0.3) is 5.89 Å². The Morgan fingerprint density at radius 3 is 2.81 bits per heavy atom. The predicted octanol–water partition coefficient (Wildman–Crippen LogP) is 3.10. The summed E-state index contributed by atoms with van der Waals surface area (Å²) in [6, 6.07) is 7.26. The molecule has 0 aliphatic carbocycles. The Hall–Kier alpha value is -2.73. The van der Waals surface area contributed by atoms with Crippen LogP contribution >= 0.6 is 11.6 Å². The van der Waals surface area contributed by atoms with Crippen LogP contribution in [0, 0.1) is 0 Å². The van der Waals surface area contributed by atoms with Crippen molar-refractivity contribution in [3.8, 4) is 22.8 Å². The first-order valence-corrected chi connectivity index (χ1v) is 6.56. The molecule has 0 spiro atoms. The summed E-state index contributed by atoms with van der Waals surface area (Å²) in [6.45, 7) is 0. The van der Waals surface area contributed by atoms with Gasteiger partial charge in [-0.1, -0.05) is 16.8 Å². The van der Waals surface area contributed by atoms with E-state index in [1.807, 2.05) is 28.9 Å². The minimum Gasteiger partial charge on any atom is -0.334 e. The molecule has 0 saturated carbocycles. The molecule has 0 amide bonds. The summed E-state index contributed by atoms with van der Waals surface area (Å²) in [6.07, 6.45) is 7.10. The fourth-order valence-corrected chi connectivity index (χ4v) is 2.12. The van der Waals surface area contributed by atoms with Crippen LogP contribution < -0.4 is 0 Å². The van der Waals surface area contributed by atoms with Crippen molar-refractivity contribution in [1.82, 2.24) is 24.5 Å². The molecule has 6 nitrogen and oxygen atoms in total. The summed E-state index contributed by atoms with van der Waals surface area (Å²) in [7, 11) is 0. The van der Waals surface area contributed by atoms with Crippen molar-refractivity contribution in [2.24, 2.45) is 0 Å². The van der Waals surface area contributed by atoms with Crippen LogP contribution in [0.15, 0.2) is 53.6 Å². The van der Waals surface area contributed by atoms with Crippen molar-refractivity contribution < 1.29 is 4.52 Å². The standard InChI is InChI=1S/C14H8ClN5O/c15-11-3-1-9(7-17-11)14-18-13(19-21-14)10-2-4-12-16-5-6-20(12)8-10/h1-8H. The predicted molar refractivity (Wildman–Crippen MR) is 76.7 cm³/mol. The maximum absolute atomic E-state index is 5.76. The van der Waals surface area contributed by atoms with E-state index in [2.05, 4.69) is 20.1 Å². The molecule has 0 aliphatic rings. The second-order valence-corrected chi connectivity index (χ2v) is 4.79. The van der Waals surface area contributed by atoms with Gasteiger partial charge in [-0.25, -0.2) is 9.97 Å². The zero-order chi connectivity index (χ0) is 14.2. The van der Waals surface area contributed by atoms with Crippen molar-refractivity contribution >= 4 is 17.2 Å². The van der Waals surface area contributed by atoms with Gasteiger partial charge in [0.15, 0.2) is 0 Å². The molecule has 0 saturated heterocycles. The van der Waals surface area contributed by atoms with Gasteiger partial charge in [0.2, 0.25) is 5.82 Å². The number of fused-ring (bicyclic) bond motifs is 1. The summed E-state index contributed by atoms with van der Waals surface area (Å²) in [4.78, 5) is 12.6. The van der Waals surface area contributed by atoms with Crippen LogP contribution in [0.1, 0.15) is 0 Å². The van der Waals surface area contributed by atoms with E-state index in [4.69, 9.17) is 16.1 Å². The molecule has 7 heteroatoms. The number of pyridine rings is 2. The average molecular weight is 298 g/mol. The molecule has 4 rings (SSSR count). The quantitative estimate of drug-likeness (QED) is 0.532. The van der Waals surface area contributed by atoms with Crippen LogP contribution in [0.2, 0.25) is 5.15 Å². The summed E-state index contributed by atoms with van der Waals surface area (Å²) < 4.78 is 7.17. The van der Waals surface area contributed by atoms with Crippen molar-refractivity contribution in [2.75, 3.05) is 0 Å². The van der Waals surface area contributed by atoms with Crippen molar-refractivity contribution in [3.63, 3.8) is 0 Å². The average Bonchev–Trinajstić information content (AvgIpc) is 3.16. The topological polar surface area (TPSA) is 69.1 Å². The Balaban J connectivity index is 1.74. The van der Waals surface area contributed by atoms with E-state index in [0.717, 1.165) is 16.8 Å². The molecule has 4 aromatic rings. The molecular formula is C14H8ClN5O. The van der Waals surface area contributed by atoms with Gasteiger partial charge in [0.05, 0.1) is 5.56 Å². The number of aromatic nitrogens is 5. The fourth-order valence-electron chi connectivity index (χ4n) is 2.01. The molecule has 4 aromatic heterocycles. The summed E-state index contributed by atoms with van der Waals surface area (Å²) in [5.74, 6) is 0.912. The first-order valence-electron chi connectivity index (χ1n) is 6.18. The number of halogens is 1. The van der Waals surface area contributed by atoms with Crippen LogP contribution in [-0.2, 0) is 0 Å². The van der Waals surface area contributed by atoms with Crippen LogP contribution in [0.4, 0.5) is 0 Å². The van der Waals surface area contributed by atoms with E-state index in [0.29, 0.717) is 16.9 Å². The van der Waals surface area contributed by atoms with Crippen LogP contribution in [0.5, 0.6) is 0 Å². The van der Waals surface area contributed by atoms with Gasteiger partial charge in [-0.3, -0.25) is 0 Å². The first-order chi connectivity index (χ1) is 10.3. The SMILES string of the molecule is Clc1ccc(-c2nc(-c3ccc4nccn4c3)no2)cn1. The number of hydrogen-bond donors (Lipinski definition) is 0. The molecule has 0 unspecified atom stereocenters. The second kappa shape index (κ2) is 4.68. The van der Waals surface area contributed by atoms with Crippen molar-refractivity contribution in [1.29, 1.82) is 0 Å². The zero-order valence-electron chi connectivity index (χ0n) is 10.6. The number of rotatable bonds is 2. The molecule has 0 aromatic carbocycles. The molecule has 4 heterocycles. The molecule has 0 N–H and O–H groups in total. The van der Waals surface area contributed by atoms with E-state index >= 15 is 0 Å². The van der Waals surface area contributed by atoms with Crippen LogP contribution in [-0.4, -0.2) is 24.5 Å². The summed E-state index contributed by atoms with van der Waals surface area (Å²) >= 11 is 5.76. The third-order valence-corrected chi connectivity index (χ3v) is 3.27. The molecule has 0 atom stereocenters. The van der Waals surface area contributed by atoms with Crippen LogP contribution in [0.3, 0.4) is 0 Å². The van der Waals surface area contributed by atoms with Crippen molar-refractivity contribution in [2.45, 2.75) is 0 Å². The summed E-state index contributed by atoms with van der Waals surface area (Å²) in [5, 5.41) is 4.42. The maximum atomic E-state index is 5.76. The van der Waals surface area contributed by atoms with E-state index < -0.39 is 0 Å². The Bertz CT molecular complexity index is 912. The molecule has 0 aliphatic heterocycles. The maximum Gasteiger partial charge on any atom is 0.259 e. The highest BCUT2D eigenvalue weighted by molar-refractivity contribution is 6.29. The lowest BCUT2D eigenvalue weighted by Crippen LogP contribution is -1.87. The smallest absolute Gasteiger partial charge is 0.259 e. The minimum absolute atomic E-state index is 0.403. The van der Waals surface area contributed by atoms with Gasteiger partial charge < -0.3 is 8.92 Å². The number of nitrogens with zero attached hydrogens (tertiary/aromatic N) is 5. The van der Waals surface area contributed by atoms with Gasteiger partial charge in [-0.15, -0.1) is 0 Å². The third-order valence-electron chi connectivity index (χ3n) is 3.05. The molecule has 0 fully saturated rings. The Kier molecular flexibility index (Phi) is 2.68. The number of hydrogen-bond acceptors (Lipinski definition) is 5. The Morgan fingerprint density at radius 2 is 1.95 bits per heavy atom. The second-order valence-electron chi connectivity index (χ2n) is 4.40. The normalized spacial score (nSPS) is 11.1. The number of imidazole rings is 1. The lowest BCUT2D eigenvalue weighted by atomic mass is 10.2. The highest BCUT2D eigenvalue weighted by Gasteiger charge is 2.11. The van der Waals surface area contributed by atoms with Gasteiger partial charge in [0, 0.05) is 30.4 Å². The minimum atomic E-state index is 0.403. The molecule has 102 valence electrons. The van der Waals surface area contributed by atoms with Gasteiger partial charge >= 0.3 is 0 Å². The van der Waals surface area contributed by atoms with Crippen molar-refractivity contribution in [3.05, 3.63) is 54.2 Å². The molecule has 21 heavy (non-hydrogen) atoms. The molecule has 0 bridgehead atoms. The van der Waals surface area contributed by atoms with E-state index in [1.165, 1.54) is 0 Å². The monoisotopic (exact) mass is 297 g/mol. The lowest BCUT2D eigenvalue weighted by molar-refractivity contribution is 0.432. The third kappa shape index (κ3) is 2.15.